The molecular weight excluding hydrogens is 262 g/mol. The third-order valence-electron chi connectivity index (χ3n) is 3.24. The lowest BCUT2D eigenvalue weighted by Crippen LogP contribution is -2.40. The second-order valence-corrected chi connectivity index (χ2v) is 4.81. The molecule has 2 amide bonds. The Morgan fingerprint density at radius 3 is 2.85 bits per heavy atom. The Labute approximate surface area is 115 Å². The highest BCUT2D eigenvalue weighted by Crippen LogP contribution is 2.26. The van der Waals surface area contributed by atoms with Gasteiger partial charge < -0.3 is 10.6 Å². The molecule has 1 unspecified atom stereocenters. The topological polar surface area (TPSA) is 101 Å². The van der Waals surface area contributed by atoms with Crippen LogP contribution >= 0.6 is 0 Å². The van der Waals surface area contributed by atoms with E-state index in [-0.39, 0.29) is 35.7 Å². The fraction of sp³-hybridized carbons (Fsp3) is 0.385. The molecule has 0 aromatic heterocycles. The Kier molecular flexibility index (Phi) is 3.97. The van der Waals surface area contributed by atoms with Crippen LogP contribution in [0.15, 0.2) is 18.2 Å². The third-order valence-corrected chi connectivity index (χ3v) is 3.24. The van der Waals surface area contributed by atoms with Gasteiger partial charge in [0, 0.05) is 19.0 Å². The summed E-state index contributed by atoms with van der Waals surface area (Å²) < 4.78 is 0. The van der Waals surface area contributed by atoms with Crippen LogP contribution < -0.4 is 10.6 Å². The number of piperidine rings is 1. The van der Waals surface area contributed by atoms with Crippen LogP contribution in [-0.2, 0) is 9.59 Å². The predicted octanol–water partition coefficient (Wildman–Crippen LogP) is 1.37. The van der Waals surface area contributed by atoms with Crippen molar-refractivity contribution in [3.63, 3.8) is 0 Å². The van der Waals surface area contributed by atoms with E-state index in [0.717, 1.165) is 5.56 Å². The summed E-state index contributed by atoms with van der Waals surface area (Å²) in [7, 11) is 0. The molecule has 0 bridgehead atoms. The molecule has 1 aromatic carbocycles. The number of anilines is 1. The number of nitro benzene ring substituents is 1. The molecule has 1 saturated heterocycles. The average Bonchev–Trinajstić information content (AvgIpc) is 2.41. The van der Waals surface area contributed by atoms with Crippen molar-refractivity contribution >= 4 is 23.2 Å². The van der Waals surface area contributed by atoms with Gasteiger partial charge in [0.25, 0.3) is 5.69 Å². The molecule has 20 heavy (non-hydrogen) atoms. The summed E-state index contributed by atoms with van der Waals surface area (Å²) in [6.45, 7) is 2.01. The largest absolute Gasteiger partial charge is 0.355 e. The maximum atomic E-state index is 12.0. The number of hydrogen-bond donors (Lipinski definition) is 2. The average molecular weight is 277 g/mol. The molecule has 0 aliphatic carbocycles. The summed E-state index contributed by atoms with van der Waals surface area (Å²) in [6.07, 6.45) is 0.755. The second-order valence-electron chi connectivity index (χ2n) is 4.81. The number of benzene rings is 1. The smallest absolute Gasteiger partial charge is 0.293 e. The first kappa shape index (κ1) is 14.0. The molecule has 1 heterocycles. The summed E-state index contributed by atoms with van der Waals surface area (Å²) in [4.78, 5) is 33.5. The highest BCUT2D eigenvalue weighted by molar-refractivity contribution is 5.96. The fourth-order valence-electron chi connectivity index (χ4n) is 2.09. The summed E-state index contributed by atoms with van der Waals surface area (Å²) in [5.74, 6) is -0.735. The zero-order chi connectivity index (χ0) is 14.7. The van der Waals surface area contributed by atoms with Crippen LogP contribution in [0.3, 0.4) is 0 Å². The van der Waals surface area contributed by atoms with E-state index < -0.39 is 4.92 Å². The van der Waals surface area contributed by atoms with Gasteiger partial charge in [-0.1, -0.05) is 6.07 Å². The number of nitrogens with zero attached hydrogens (tertiary/aromatic N) is 1. The Bertz CT molecular complexity index is 561. The van der Waals surface area contributed by atoms with Crippen LogP contribution in [0.4, 0.5) is 11.4 Å². The van der Waals surface area contributed by atoms with Gasteiger partial charge in [0.15, 0.2) is 0 Å². The molecule has 1 aromatic rings. The fourth-order valence-corrected chi connectivity index (χ4v) is 2.09. The Balaban J connectivity index is 2.11. The molecular formula is C13H15N3O4. The number of nitrogens with one attached hydrogen (secondary N) is 2. The van der Waals surface area contributed by atoms with Crippen molar-refractivity contribution in [3.05, 3.63) is 33.9 Å². The lowest BCUT2D eigenvalue weighted by Gasteiger charge is -2.21. The molecule has 7 heteroatoms. The van der Waals surface area contributed by atoms with Gasteiger partial charge in [0.05, 0.1) is 10.8 Å². The maximum absolute atomic E-state index is 12.0. The van der Waals surface area contributed by atoms with Crippen molar-refractivity contribution in [2.45, 2.75) is 19.8 Å². The first-order valence-electron chi connectivity index (χ1n) is 6.30. The lowest BCUT2D eigenvalue weighted by atomic mass is 9.98. The number of amides is 2. The molecule has 106 valence electrons. The molecule has 1 aliphatic rings. The van der Waals surface area contributed by atoms with Gasteiger partial charge in [-0.15, -0.1) is 0 Å². The SMILES string of the molecule is Cc1ccc(NC(=O)C2CCC(=O)NC2)c([N+](=O)[O-])c1. The van der Waals surface area contributed by atoms with Crippen molar-refractivity contribution in [1.82, 2.24) is 5.32 Å². The molecule has 0 spiro atoms. The van der Waals surface area contributed by atoms with Gasteiger partial charge in [-0.2, -0.15) is 0 Å². The molecule has 2 rings (SSSR count). The quantitative estimate of drug-likeness (QED) is 0.643. The van der Waals surface area contributed by atoms with Crippen molar-refractivity contribution in [2.75, 3.05) is 11.9 Å². The van der Waals surface area contributed by atoms with Crippen LogP contribution in [-0.4, -0.2) is 23.3 Å². The lowest BCUT2D eigenvalue weighted by molar-refractivity contribution is -0.384. The first-order chi connectivity index (χ1) is 9.47. The first-order valence-corrected chi connectivity index (χ1v) is 6.30. The predicted molar refractivity (Wildman–Crippen MR) is 72.2 cm³/mol. The number of aryl methyl sites for hydroxylation is 1. The molecule has 7 nitrogen and oxygen atoms in total. The number of hydrogen-bond acceptors (Lipinski definition) is 4. The van der Waals surface area contributed by atoms with E-state index in [1.807, 2.05) is 0 Å². The van der Waals surface area contributed by atoms with Crippen LogP contribution in [0.5, 0.6) is 0 Å². The Hall–Kier alpha value is -2.44. The second kappa shape index (κ2) is 5.68. The monoisotopic (exact) mass is 277 g/mol. The van der Waals surface area contributed by atoms with E-state index in [1.54, 1.807) is 13.0 Å². The van der Waals surface area contributed by atoms with Gasteiger partial charge in [0.1, 0.15) is 5.69 Å². The van der Waals surface area contributed by atoms with Gasteiger partial charge in [-0.05, 0) is 25.0 Å². The number of carbonyl (C=O) groups excluding carboxylic acids is 2. The molecule has 1 atom stereocenters. The van der Waals surface area contributed by atoms with Crippen LogP contribution in [0, 0.1) is 23.0 Å². The van der Waals surface area contributed by atoms with Gasteiger partial charge >= 0.3 is 0 Å². The van der Waals surface area contributed by atoms with Gasteiger partial charge in [-0.25, -0.2) is 0 Å². The van der Waals surface area contributed by atoms with Gasteiger partial charge in [-0.3, -0.25) is 19.7 Å². The Morgan fingerprint density at radius 1 is 1.50 bits per heavy atom. The van der Waals surface area contributed by atoms with Crippen LogP contribution in [0.1, 0.15) is 18.4 Å². The minimum atomic E-state index is -0.523. The van der Waals surface area contributed by atoms with Crippen LogP contribution in [0.2, 0.25) is 0 Å². The zero-order valence-corrected chi connectivity index (χ0v) is 11.0. The summed E-state index contributed by atoms with van der Waals surface area (Å²) in [5.41, 5.74) is 0.806. The van der Waals surface area contributed by atoms with Crippen molar-refractivity contribution < 1.29 is 14.5 Å². The van der Waals surface area contributed by atoms with E-state index in [1.165, 1.54) is 12.1 Å². The molecule has 1 aliphatic heterocycles. The number of carbonyl (C=O) groups is 2. The van der Waals surface area contributed by atoms with Gasteiger partial charge in [0.2, 0.25) is 11.8 Å². The summed E-state index contributed by atoms with van der Waals surface area (Å²) >= 11 is 0. The molecule has 0 saturated carbocycles. The van der Waals surface area contributed by atoms with Crippen molar-refractivity contribution in [3.8, 4) is 0 Å². The third kappa shape index (κ3) is 3.11. The standard InChI is InChI=1S/C13H15N3O4/c1-8-2-4-10(11(6-8)16(19)20)15-13(18)9-3-5-12(17)14-7-9/h2,4,6,9H,3,5,7H2,1H3,(H,14,17)(H,15,18). The Morgan fingerprint density at radius 2 is 2.25 bits per heavy atom. The van der Waals surface area contributed by atoms with E-state index in [9.17, 15) is 19.7 Å². The highest BCUT2D eigenvalue weighted by Gasteiger charge is 2.26. The van der Waals surface area contributed by atoms with E-state index in [0.29, 0.717) is 12.8 Å². The molecule has 2 N–H and O–H groups in total. The number of rotatable bonds is 3. The highest BCUT2D eigenvalue weighted by atomic mass is 16.6. The normalized spacial score (nSPS) is 18.2. The number of nitro groups is 1. The molecule has 0 radical (unpaired) electrons. The van der Waals surface area contributed by atoms with E-state index in [2.05, 4.69) is 10.6 Å². The zero-order valence-electron chi connectivity index (χ0n) is 11.0. The van der Waals surface area contributed by atoms with Crippen molar-refractivity contribution in [2.24, 2.45) is 5.92 Å². The minimum absolute atomic E-state index is 0.0737. The van der Waals surface area contributed by atoms with Crippen molar-refractivity contribution in [1.29, 1.82) is 0 Å². The van der Waals surface area contributed by atoms with Crippen LogP contribution in [0.25, 0.3) is 0 Å². The maximum Gasteiger partial charge on any atom is 0.293 e. The summed E-state index contributed by atoms with van der Waals surface area (Å²) in [5, 5.41) is 16.2. The molecule has 1 fully saturated rings. The van der Waals surface area contributed by atoms with E-state index in [4.69, 9.17) is 0 Å². The summed E-state index contributed by atoms with van der Waals surface area (Å²) in [6, 6.07) is 4.64. The van der Waals surface area contributed by atoms with E-state index >= 15 is 0 Å². The minimum Gasteiger partial charge on any atom is -0.355 e.